The zero-order valence-electron chi connectivity index (χ0n) is 13.0. The summed E-state index contributed by atoms with van der Waals surface area (Å²) >= 11 is 0. The van der Waals surface area contributed by atoms with E-state index in [9.17, 15) is 0 Å². The van der Waals surface area contributed by atoms with Crippen molar-refractivity contribution in [3.63, 3.8) is 0 Å². The molecule has 3 aromatic heterocycles. The number of hydrogen-bond acceptors (Lipinski definition) is 6. The van der Waals surface area contributed by atoms with Crippen molar-refractivity contribution in [2.45, 2.75) is 31.9 Å². The number of piperidine rings is 1. The van der Waals surface area contributed by atoms with E-state index < -0.39 is 0 Å². The van der Waals surface area contributed by atoms with E-state index in [0.29, 0.717) is 12.4 Å². The number of aromatic nitrogens is 6. The van der Waals surface area contributed by atoms with Gasteiger partial charge in [0.1, 0.15) is 12.1 Å². The molecular weight excluding hydrogens is 294 g/mol. The Hall–Kier alpha value is -2.48. The normalized spacial score (nSPS) is 18.7. The fourth-order valence-corrected chi connectivity index (χ4v) is 3.27. The highest BCUT2D eigenvalue weighted by Crippen LogP contribution is 2.34. The maximum atomic E-state index is 5.24. The predicted octanol–water partition coefficient (Wildman–Crippen LogP) is 1.73. The second-order valence-corrected chi connectivity index (χ2v) is 5.75. The first-order valence-corrected chi connectivity index (χ1v) is 7.81. The summed E-state index contributed by atoms with van der Waals surface area (Å²) in [4.78, 5) is 11.1. The van der Waals surface area contributed by atoms with Crippen molar-refractivity contribution in [3.05, 3.63) is 36.0 Å². The minimum Gasteiger partial charge on any atom is -0.378 e. The molecule has 1 saturated heterocycles. The molecule has 1 atom stereocenters. The van der Waals surface area contributed by atoms with E-state index in [4.69, 9.17) is 4.74 Å². The highest BCUT2D eigenvalue weighted by molar-refractivity contribution is 5.49. The molecule has 0 aromatic carbocycles. The molecule has 0 bridgehead atoms. The fourth-order valence-electron chi connectivity index (χ4n) is 3.27. The summed E-state index contributed by atoms with van der Waals surface area (Å²) in [7, 11) is 1.67. The van der Waals surface area contributed by atoms with Crippen LogP contribution < -0.4 is 4.90 Å². The molecule has 120 valence electrons. The Kier molecular flexibility index (Phi) is 3.66. The highest BCUT2D eigenvalue weighted by atomic mass is 16.5. The van der Waals surface area contributed by atoms with Gasteiger partial charge in [0, 0.05) is 31.5 Å². The zero-order valence-corrected chi connectivity index (χ0v) is 13.0. The lowest BCUT2D eigenvalue weighted by Crippen LogP contribution is -2.35. The molecule has 1 fully saturated rings. The summed E-state index contributed by atoms with van der Waals surface area (Å²) in [5.41, 5.74) is 2.06. The van der Waals surface area contributed by atoms with E-state index in [0.717, 1.165) is 30.9 Å². The van der Waals surface area contributed by atoms with E-state index in [1.54, 1.807) is 18.0 Å². The second kappa shape index (κ2) is 5.96. The van der Waals surface area contributed by atoms with Crippen molar-refractivity contribution < 1.29 is 4.74 Å². The van der Waals surface area contributed by atoms with Gasteiger partial charge in [-0.15, -0.1) is 0 Å². The molecule has 8 heteroatoms. The lowest BCUT2D eigenvalue weighted by atomic mass is 9.97. The standard InChI is InChI=1S/C15H19N7O/c1-23-9-12-6-14(22-15(20-12)16-10-19-22)21-5-3-2-4-13(21)11-7-17-18-8-11/h6-8,10,13H,2-5,9H2,1H3,(H,17,18)/t13-/m1/s1. The Morgan fingerprint density at radius 1 is 1.39 bits per heavy atom. The molecule has 23 heavy (non-hydrogen) atoms. The van der Waals surface area contributed by atoms with Gasteiger partial charge in [0.25, 0.3) is 5.78 Å². The molecule has 0 spiro atoms. The number of methoxy groups -OCH3 is 1. The van der Waals surface area contributed by atoms with Crippen LogP contribution in [0.2, 0.25) is 0 Å². The van der Waals surface area contributed by atoms with Gasteiger partial charge in [-0.05, 0) is 19.3 Å². The van der Waals surface area contributed by atoms with Crippen molar-refractivity contribution in [1.82, 2.24) is 29.8 Å². The van der Waals surface area contributed by atoms with E-state index in [1.165, 1.54) is 12.0 Å². The van der Waals surface area contributed by atoms with Gasteiger partial charge in [0.15, 0.2) is 0 Å². The van der Waals surface area contributed by atoms with Crippen molar-refractivity contribution in [1.29, 1.82) is 0 Å². The number of ether oxygens (including phenoxy) is 1. The van der Waals surface area contributed by atoms with Crippen molar-refractivity contribution in [2.75, 3.05) is 18.6 Å². The summed E-state index contributed by atoms with van der Waals surface area (Å²) in [5.74, 6) is 1.61. The maximum absolute atomic E-state index is 5.24. The van der Waals surface area contributed by atoms with Gasteiger partial charge < -0.3 is 9.64 Å². The molecule has 1 aliphatic heterocycles. The maximum Gasteiger partial charge on any atom is 0.254 e. The van der Waals surface area contributed by atoms with Crippen LogP contribution >= 0.6 is 0 Å². The Morgan fingerprint density at radius 3 is 3.17 bits per heavy atom. The van der Waals surface area contributed by atoms with Gasteiger partial charge >= 0.3 is 0 Å². The monoisotopic (exact) mass is 313 g/mol. The van der Waals surface area contributed by atoms with Crippen molar-refractivity contribution in [3.8, 4) is 0 Å². The van der Waals surface area contributed by atoms with E-state index in [2.05, 4.69) is 30.2 Å². The molecule has 8 nitrogen and oxygen atoms in total. The molecule has 4 heterocycles. The zero-order chi connectivity index (χ0) is 15.6. The number of hydrogen-bond donors (Lipinski definition) is 1. The Morgan fingerprint density at radius 2 is 2.35 bits per heavy atom. The lowest BCUT2D eigenvalue weighted by Gasteiger charge is -2.37. The number of nitrogens with one attached hydrogen (secondary N) is 1. The van der Waals surface area contributed by atoms with Gasteiger partial charge in [0.2, 0.25) is 0 Å². The topological polar surface area (TPSA) is 84.2 Å². The van der Waals surface area contributed by atoms with Crippen LogP contribution in [0, 0.1) is 0 Å². The number of nitrogens with zero attached hydrogens (tertiary/aromatic N) is 6. The summed E-state index contributed by atoms with van der Waals surface area (Å²) in [5, 5.41) is 11.4. The molecule has 0 aliphatic carbocycles. The van der Waals surface area contributed by atoms with Crippen molar-refractivity contribution in [2.24, 2.45) is 0 Å². The minimum atomic E-state index is 0.285. The van der Waals surface area contributed by atoms with E-state index >= 15 is 0 Å². The van der Waals surface area contributed by atoms with Gasteiger partial charge in [-0.25, -0.2) is 4.98 Å². The van der Waals surface area contributed by atoms with Crippen LogP contribution in [0.25, 0.3) is 5.78 Å². The van der Waals surface area contributed by atoms with Crippen LogP contribution in [0.5, 0.6) is 0 Å². The Labute approximate surface area is 133 Å². The third-order valence-electron chi connectivity index (χ3n) is 4.28. The summed E-state index contributed by atoms with van der Waals surface area (Å²) < 4.78 is 7.04. The Bertz CT molecular complexity index is 782. The number of rotatable bonds is 4. The molecule has 0 amide bonds. The van der Waals surface area contributed by atoms with Gasteiger partial charge in [-0.2, -0.15) is 19.7 Å². The average Bonchev–Trinajstić information content (AvgIpc) is 3.26. The first-order chi connectivity index (χ1) is 11.4. The van der Waals surface area contributed by atoms with E-state index in [-0.39, 0.29) is 6.04 Å². The summed E-state index contributed by atoms with van der Waals surface area (Å²) in [6, 6.07) is 2.33. The molecule has 1 N–H and O–H groups in total. The lowest BCUT2D eigenvalue weighted by molar-refractivity contribution is 0.181. The number of fused-ring (bicyclic) bond motifs is 1. The third-order valence-corrected chi connectivity index (χ3v) is 4.28. The van der Waals surface area contributed by atoms with Crippen LogP contribution in [0.4, 0.5) is 5.82 Å². The number of aromatic amines is 1. The quantitative estimate of drug-likeness (QED) is 0.789. The molecule has 0 radical (unpaired) electrons. The first-order valence-electron chi connectivity index (χ1n) is 7.81. The number of anilines is 1. The summed E-state index contributed by atoms with van der Waals surface area (Å²) in [6.07, 6.45) is 8.88. The largest absolute Gasteiger partial charge is 0.378 e. The van der Waals surface area contributed by atoms with Crippen LogP contribution in [0.3, 0.4) is 0 Å². The van der Waals surface area contributed by atoms with Crippen LogP contribution in [0.1, 0.15) is 36.6 Å². The minimum absolute atomic E-state index is 0.285. The van der Waals surface area contributed by atoms with Gasteiger partial charge in [-0.1, -0.05) is 0 Å². The molecule has 1 aliphatic rings. The van der Waals surface area contributed by atoms with Crippen LogP contribution in [-0.2, 0) is 11.3 Å². The predicted molar refractivity (Wildman–Crippen MR) is 84.0 cm³/mol. The van der Waals surface area contributed by atoms with Crippen LogP contribution in [-0.4, -0.2) is 43.4 Å². The number of H-pyrrole nitrogens is 1. The molecule has 3 aromatic rings. The van der Waals surface area contributed by atoms with Crippen LogP contribution in [0.15, 0.2) is 24.8 Å². The Balaban J connectivity index is 1.80. The van der Waals surface area contributed by atoms with Gasteiger partial charge in [-0.3, -0.25) is 5.10 Å². The fraction of sp³-hybridized carbons (Fsp3) is 0.467. The molecule has 0 saturated carbocycles. The highest BCUT2D eigenvalue weighted by Gasteiger charge is 2.27. The SMILES string of the molecule is COCc1cc(N2CCCC[C@@H]2c2cn[nH]c2)n2ncnc2n1. The average molecular weight is 313 g/mol. The van der Waals surface area contributed by atoms with Gasteiger partial charge in [0.05, 0.1) is 24.5 Å². The molecule has 4 rings (SSSR count). The van der Waals surface area contributed by atoms with E-state index in [1.807, 2.05) is 18.5 Å². The summed E-state index contributed by atoms with van der Waals surface area (Å²) in [6.45, 7) is 1.43. The first kappa shape index (κ1) is 14.1. The second-order valence-electron chi connectivity index (χ2n) is 5.75. The molecule has 0 unspecified atom stereocenters. The van der Waals surface area contributed by atoms with Crippen molar-refractivity contribution >= 4 is 11.6 Å². The molecular formula is C15H19N7O. The third kappa shape index (κ3) is 2.55. The smallest absolute Gasteiger partial charge is 0.254 e.